The SMILES string of the molecule is Cc1ccc(S(=O)[O-])c(OCC(=O)NN)c1. The second-order valence-corrected chi connectivity index (χ2v) is 3.95. The van der Waals surface area contributed by atoms with Gasteiger partial charge in [-0.05, 0) is 35.7 Å². The van der Waals surface area contributed by atoms with E-state index in [0.717, 1.165) is 5.56 Å². The second-order valence-electron chi connectivity index (χ2n) is 3.04. The van der Waals surface area contributed by atoms with Crippen LogP contribution in [0.4, 0.5) is 0 Å². The maximum Gasteiger partial charge on any atom is 0.271 e. The molecule has 0 saturated heterocycles. The maximum atomic E-state index is 10.8. The molecule has 1 amide bonds. The zero-order valence-corrected chi connectivity index (χ0v) is 9.37. The summed E-state index contributed by atoms with van der Waals surface area (Å²) in [6.45, 7) is 1.46. The van der Waals surface area contributed by atoms with Crippen LogP contribution in [0, 0.1) is 6.92 Å². The van der Waals surface area contributed by atoms with E-state index in [1.54, 1.807) is 13.0 Å². The van der Waals surface area contributed by atoms with Gasteiger partial charge >= 0.3 is 0 Å². The lowest BCUT2D eigenvalue weighted by molar-refractivity contribution is -0.123. The molecular weight excluding hydrogens is 232 g/mol. The van der Waals surface area contributed by atoms with Crippen molar-refractivity contribution >= 4 is 17.0 Å². The maximum absolute atomic E-state index is 10.8. The highest BCUT2D eigenvalue weighted by molar-refractivity contribution is 7.79. The van der Waals surface area contributed by atoms with Crippen LogP contribution in [0.1, 0.15) is 5.56 Å². The molecule has 6 nitrogen and oxygen atoms in total. The van der Waals surface area contributed by atoms with Crippen LogP contribution in [0.25, 0.3) is 0 Å². The summed E-state index contributed by atoms with van der Waals surface area (Å²) in [5.74, 6) is 4.46. The lowest BCUT2D eigenvalue weighted by Gasteiger charge is -2.13. The molecule has 3 N–H and O–H groups in total. The fraction of sp³-hybridized carbons (Fsp3) is 0.222. The average Bonchev–Trinajstić information content (AvgIpc) is 2.25. The molecule has 1 rings (SSSR count). The Kier molecular flexibility index (Phi) is 4.41. The van der Waals surface area contributed by atoms with Crippen LogP contribution in [-0.4, -0.2) is 21.3 Å². The van der Waals surface area contributed by atoms with Crippen LogP contribution in [0.2, 0.25) is 0 Å². The highest BCUT2D eigenvalue weighted by Gasteiger charge is 2.07. The number of carbonyl (C=O) groups is 1. The van der Waals surface area contributed by atoms with Crippen molar-refractivity contribution in [2.24, 2.45) is 5.84 Å². The largest absolute Gasteiger partial charge is 0.768 e. The predicted molar refractivity (Wildman–Crippen MR) is 56.2 cm³/mol. The highest BCUT2D eigenvalue weighted by Crippen LogP contribution is 2.22. The Morgan fingerprint density at radius 2 is 2.31 bits per heavy atom. The molecule has 0 saturated carbocycles. The number of nitrogens with two attached hydrogens (primary N) is 1. The van der Waals surface area contributed by atoms with Gasteiger partial charge in [-0.1, -0.05) is 6.07 Å². The van der Waals surface area contributed by atoms with Crippen LogP contribution >= 0.6 is 0 Å². The molecule has 0 aromatic heterocycles. The fourth-order valence-corrected chi connectivity index (χ4v) is 1.51. The number of benzene rings is 1. The predicted octanol–water partition coefficient (Wildman–Crippen LogP) is -0.398. The molecule has 0 heterocycles. The summed E-state index contributed by atoms with van der Waals surface area (Å²) in [5.41, 5.74) is 2.71. The van der Waals surface area contributed by atoms with Crippen molar-refractivity contribution in [3.8, 4) is 5.75 Å². The van der Waals surface area contributed by atoms with Gasteiger partial charge in [0, 0.05) is 0 Å². The molecule has 0 aliphatic rings. The Balaban J connectivity index is 2.88. The molecule has 0 spiro atoms. The van der Waals surface area contributed by atoms with Gasteiger partial charge in [-0.15, -0.1) is 0 Å². The minimum Gasteiger partial charge on any atom is -0.768 e. The van der Waals surface area contributed by atoms with Gasteiger partial charge in [0.05, 0.1) is 4.90 Å². The number of rotatable bonds is 4. The Labute approximate surface area is 95.0 Å². The quantitative estimate of drug-likeness (QED) is 0.324. The van der Waals surface area contributed by atoms with E-state index < -0.39 is 17.0 Å². The van der Waals surface area contributed by atoms with Crippen molar-refractivity contribution in [1.29, 1.82) is 0 Å². The van der Waals surface area contributed by atoms with Crippen LogP contribution in [-0.2, 0) is 15.9 Å². The molecular formula is C9H11N2O4S-. The van der Waals surface area contributed by atoms with Gasteiger partial charge in [0.25, 0.3) is 5.91 Å². The van der Waals surface area contributed by atoms with Crippen LogP contribution in [0.15, 0.2) is 23.1 Å². The number of nitrogens with one attached hydrogen (secondary N) is 1. The Morgan fingerprint density at radius 3 is 2.88 bits per heavy atom. The Hall–Kier alpha value is -1.44. The van der Waals surface area contributed by atoms with Gasteiger partial charge in [-0.3, -0.25) is 14.4 Å². The fourth-order valence-electron chi connectivity index (χ4n) is 1.05. The van der Waals surface area contributed by atoms with Crippen molar-refractivity contribution in [2.75, 3.05) is 6.61 Å². The van der Waals surface area contributed by atoms with Gasteiger partial charge < -0.3 is 9.29 Å². The minimum atomic E-state index is -2.40. The standard InChI is InChI=1S/C9H12N2O4S/c1-6-2-3-8(16(13)14)7(4-6)15-5-9(12)11-10/h2-4H,5,10H2,1H3,(H,11,12)(H,13,14)/p-1. The van der Waals surface area contributed by atoms with Crippen molar-refractivity contribution in [3.05, 3.63) is 23.8 Å². The number of aryl methyl sites for hydroxylation is 1. The summed E-state index contributed by atoms with van der Waals surface area (Å²) in [7, 11) is 0. The minimum absolute atomic E-state index is 0.00965. The molecule has 0 aliphatic carbocycles. The molecule has 0 aliphatic heterocycles. The van der Waals surface area contributed by atoms with E-state index in [9.17, 15) is 13.6 Å². The van der Waals surface area contributed by atoms with E-state index in [4.69, 9.17) is 10.6 Å². The number of amides is 1. The van der Waals surface area contributed by atoms with Gasteiger partial charge in [0.1, 0.15) is 5.75 Å². The van der Waals surface area contributed by atoms with E-state index in [1.807, 2.05) is 5.43 Å². The van der Waals surface area contributed by atoms with Crippen molar-refractivity contribution in [3.63, 3.8) is 0 Å². The van der Waals surface area contributed by atoms with Crippen molar-refractivity contribution < 1.29 is 18.3 Å². The molecule has 1 aromatic rings. The molecule has 1 unspecified atom stereocenters. The monoisotopic (exact) mass is 243 g/mol. The van der Waals surface area contributed by atoms with E-state index in [-0.39, 0.29) is 17.3 Å². The molecule has 1 aromatic carbocycles. The van der Waals surface area contributed by atoms with Crippen LogP contribution in [0.5, 0.6) is 5.75 Å². The van der Waals surface area contributed by atoms with Gasteiger partial charge in [-0.2, -0.15) is 0 Å². The number of carbonyl (C=O) groups excluding carboxylic acids is 1. The summed E-state index contributed by atoms with van der Waals surface area (Å²) in [6.07, 6.45) is 0. The van der Waals surface area contributed by atoms with E-state index in [1.165, 1.54) is 12.1 Å². The Morgan fingerprint density at radius 1 is 1.62 bits per heavy atom. The summed E-state index contributed by atoms with van der Waals surface area (Å²) < 4.78 is 26.7. The molecule has 1 atom stereocenters. The third kappa shape index (κ3) is 3.30. The molecule has 88 valence electrons. The van der Waals surface area contributed by atoms with Crippen LogP contribution < -0.4 is 16.0 Å². The topological polar surface area (TPSA) is 104 Å². The van der Waals surface area contributed by atoms with E-state index in [0.29, 0.717) is 0 Å². The zero-order valence-electron chi connectivity index (χ0n) is 8.56. The highest BCUT2D eigenvalue weighted by atomic mass is 32.2. The Bertz CT molecular complexity index is 422. The third-order valence-corrected chi connectivity index (χ3v) is 2.49. The summed E-state index contributed by atoms with van der Waals surface area (Å²) in [6, 6.07) is 4.59. The van der Waals surface area contributed by atoms with Crippen molar-refractivity contribution in [2.45, 2.75) is 11.8 Å². The second kappa shape index (κ2) is 5.59. The normalized spacial score (nSPS) is 11.9. The number of ether oxygens (including phenoxy) is 1. The molecule has 0 bridgehead atoms. The average molecular weight is 243 g/mol. The summed E-state index contributed by atoms with van der Waals surface area (Å²) >= 11 is -2.40. The van der Waals surface area contributed by atoms with Crippen molar-refractivity contribution in [1.82, 2.24) is 5.43 Å². The smallest absolute Gasteiger partial charge is 0.271 e. The van der Waals surface area contributed by atoms with E-state index in [2.05, 4.69) is 0 Å². The number of hydrogen-bond acceptors (Lipinski definition) is 5. The first-order valence-electron chi connectivity index (χ1n) is 4.36. The number of hydrazine groups is 1. The summed E-state index contributed by atoms with van der Waals surface area (Å²) in [4.78, 5) is 10.8. The lowest BCUT2D eigenvalue weighted by atomic mass is 10.2. The molecule has 0 fully saturated rings. The first-order chi connectivity index (χ1) is 7.54. The van der Waals surface area contributed by atoms with Gasteiger partial charge in [0.15, 0.2) is 6.61 Å². The first-order valence-corrected chi connectivity index (χ1v) is 5.44. The van der Waals surface area contributed by atoms with Crippen LogP contribution in [0.3, 0.4) is 0 Å². The summed E-state index contributed by atoms with van der Waals surface area (Å²) in [5, 5.41) is 0. The number of hydrogen-bond donors (Lipinski definition) is 2. The first kappa shape index (κ1) is 12.6. The zero-order chi connectivity index (χ0) is 12.1. The van der Waals surface area contributed by atoms with E-state index >= 15 is 0 Å². The molecule has 0 radical (unpaired) electrons. The molecule has 7 heteroatoms. The molecule has 16 heavy (non-hydrogen) atoms. The van der Waals surface area contributed by atoms with Gasteiger partial charge in [-0.25, -0.2) is 5.84 Å². The third-order valence-electron chi connectivity index (χ3n) is 1.80. The van der Waals surface area contributed by atoms with Gasteiger partial charge in [0.2, 0.25) is 0 Å². The lowest BCUT2D eigenvalue weighted by Crippen LogP contribution is -2.34.